The van der Waals surface area contributed by atoms with Crippen LogP contribution < -0.4 is 0 Å². The Labute approximate surface area is 167 Å². The van der Waals surface area contributed by atoms with Gasteiger partial charge in [-0.25, -0.2) is 16.8 Å². The van der Waals surface area contributed by atoms with Crippen molar-refractivity contribution in [3.8, 4) is 16.9 Å². The molecular weight excluding hydrogens is 462 g/mol. The van der Waals surface area contributed by atoms with Crippen LogP contribution in [0.15, 0.2) is 42.5 Å². The maximum Gasteiger partial charge on any atom is 0.498 e. The highest BCUT2D eigenvalue weighted by molar-refractivity contribution is 8.09. The van der Waals surface area contributed by atoms with Crippen LogP contribution in [0.3, 0.4) is 0 Å². The number of sulfone groups is 2. The van der Waals surface area contributed by atoms with E-state index in [4.69, 9.17) is 0 Å². The molecule has 0 saturated heterocycles. The van der Waals surface area contributed by atoms with Crippen LogP contribution in [-0.2, 0) is 26.1 Å². The molecule has 0 saturated carbocycles. The van der Waals surface area contributed by atoms with Crippen molar-refractivity contribution < 1.29 is 48.3 Å². The first kappa shape index (κ1) is 24.0. The monoisotopic (exact) mass is 476 g/mol. The maximum absolute atomic E-state index is 12.9. The van der Waals surface area contributed by atoms with Gasteiger partial charge in [0.15, 0.2) is 4.58 Å². The van der Waals surface area contributed by atoms with Crippen molar-refractivity contribution >= 4 is 19.7 Å². The number of aryl methyl sites for hydroxylation is 1. The minimum absolute atomic E-state index is 0.0156. The van der Waals surface area contributed by atoms with Gasteiger partial charge in [-0.1, -0.05) is 36.4 Å². The molecule has 0 radical (unpaired) electrons. The van der Waals surface area contributed by atoms with Gasteiger partial charge in [-0.15, -0.1) is 0 Å². The molecule has 0 fully saturated rings. The van der Waals surface area contributed by atoms with Crippen molar-refractivity contribution in [2.75, 3.05) is 0 Å². The Kier molecular flexibility index (Phi) is 6.21. The zero-order valence-electron chi connectivity index (χ0n) is 15.0. The summed E-state index contributed by atoms with van der Waals surface area (Å²) >= 11 is 0. The predicted octanol–water partition coefficient (Wildman–Crippen LogP) is 4.11. The van der Waals surface area contributed by atoms with E-state index >= 15 is 0 Å². The maximum atomic E-state index is 12.9. The Morgan fingerprint density at radius 1 is 0.867 bits per heavy atom. The molecular formula is C17H14F6O5S2. The molecule has 2 aromatic carbocycles. The fourth-order valence-electron chi connectivity index (χ4n) is 2.71. The summed E-state index contributed by atoms with van der Waals surface area (Å²) in [6, 6.07) is 9.94. The summed E-state index contributed by atoms with van der Waals surface area (Å²) in [5.74, 6) is -0.827. The summed E-state index contributed by atoms with van der Waals surface area (Å²) < 4.78 is 121. The van der Waals surface area contributed by atoms with E-state index in [-0.39, 0.29) is 11.1 Å². The van der Waals surface area contributed by atoms with Gasteiger partial charge in [0.25, 0.3) is 19.7 Å². The number of phenols is 1. The topological polar surface area (TPSA) is 88.5 Å². The second-order valence-corrected chi connectivity index (χ2v) is 10.8. The first-order valence-corrected chi connectivity index (χ1v) is 11.1. The van der Waals surface area contributed by atoms with Gasteiger partial charge in [0.05, 0.1) is 0 Å². The van der Waals surface area contributed by atoms with E-state index in [0.29, 0.717) is 5.56 Å². The quantitative estimate of drug-likeness (QED) is 0.657. The molecule has 1 N–H and O–H groups in total. The van der Waals surface area contributed by atoms with Crippen LogP contribution in [0, 0.1) is 6.92 Å². The van der Waals surface area contributed by atoms with Crippen LogP contribution in [0.2, 0.25) is 0 Å². The molecule has 0 bridgehead atoms. The lowest BCUT2D eigenvalue weighted by molar-refractivity contribution is -0.0471. The summed E-state index contributed by atoms with van der Waals surface area (Å²) in [6.45, 7) is 1.39. The molecule has 166 valence electrons. The third-order valence-electron chi connectivity index (χ3n) is 4.14. The Balaban J connectivity index is 2.72. The number of alkyl halides is 6. The SMILES string of the molecule is Cc1cc(CC(S(=O)(=O)C(F)(F)F)S(=O)(=O)C(F)(F)F)c(O)c(-c2ccccc2)c1. The van der Waals surface area contributed by atoms with Crippen LogP contribution in [0.25, 0.3) is 11.1 Å². The third-order valence-corrected chi connectivity index (χ3v) is 8.67. The first-order valence-electron chi connectivity index (χ1n) is 7.98. The minimum Gasteiger partial charge on any atom is -0.507 e. The molecule has 0 aliphatic carbocycles. The summed E-state index contributed by atoms with van der Waals surface area (Å²) in [5.41, 5.74) is -12.7. The number of aromatic hydroxyl groups is 1. The van der Waals surface area contributed by atoms with E-state index in [2.05, 4.69) is 0 Å². The van der Waals surface area contributed by atoms with Gasteiger partial charge in [-0.2, -0.15) is 26.3 Å². The van der Waals surface area contributed by atoms with Crippen LogP contribution in [-0.4, -0.2) is 37.5 Å². The van der Waals surface area contributed by atoms with Gasteiger partial charge in [0.2, 0.25) is 0 Å². The molecule has 0 aromatic heterocycles. The largest absolute Gasteiger partial charge is 0.507 e. The molecule has 0 unspecified atom stereocenters. The third kappa shape index (κ3) is 4.41. The molecule has 5 nitrogen and oxygen atoms in total. The molecule has 0 heterocycles. The van der Waals surface area contributed by atoms with Crippen LogP contribution in [0.5, 0.6) is 5.75 Å². The summed E-state index contributed by atoms with van der Waals surface area (Å²) in [6.07, 6.45) is -1.75. The highest BCUT2D eigenvalue weighted by atomic mass is 32.3. The van der Waals surface area contributed by atoms with E-state index in [9.17, 15) is 48.3 Å². The van der Waals surface area contributed by atoms with Gasteiger partial charge in [-0.3, -0.25) is 0 Å². The van der Waals surface area contributed by atoms with Gasteiger partial charge >= 0.3 is 11.0 Å². The Bertz CT molecular complexity index is 1090. The van der Waals surface area contributed by atoms with E-state index < -0.39 is 53.0 Å². The van der Waals surface area contributed by atoms with E-state index in [1.54, 1.807) is 18.2 Å². The fraction of sp³-hybridized carbons (Fsp3) is 0.294. The van der Waals surface area contributed by atoms with Crippen molar-refractivity contribution in [2.24, 2.45) is 0 Å². The van der Waals surface area contributed by atoms with Crippen LogP contribution in [0.1, 0.15) is 11.1 Å². The molecule has 0 spiro atoms. The average Bonchev–Trinajstić information content (AvgIpc) is 2.60. The van der Waals surface area contributed by atoms with Gasteiger partial charge in [0.1, 0.15) is 5.75 Å². The number of benzene rings is 2. The first-order chi connectivity index (χ1) is 13.5. The van der Waals surface area contributed by atoms with Crippen LogP contribution in [0.4, 0.5) is 26.3 Å². The zero-order valence-corrected chi connectivity index (χ0v) is 16.6. The Morgan fingerprint density at radius 3 is 1.77 bits per heavy atom. The predicted molar refractivity (Wildman–Crippen MR) is 95.7 cm³/mol. The van der Waals surface area contributed by atoms with Crippen molar-refractivity contribution in [1.82, 2.24) is 0 Å². The van der Waals surface area contributed by atoms with E-state index in [1.165, 1.54) is 25.1 Å². The summed E-state index contributed by atoms with van der Waals surface area (Å²) in [4.78, 5) is 0. The number of hydrogen-bond donors (Lipinski definition) is 1. The van der Waals surface area contributed by atoms with Crippen molar-refractivity contribution in [3.05, 3.63) is 53.6 Å². The minimum atomic E-state index is -6.80. The van der Waals surface area contributed by atoms with Gasteiger partial charge in [0, 0.05) is 12.0 Å². The van der Waals surface area contributed by atoms with Crippen molar-refractivity contribution in [1.29, 1.82) is 0 Å². The highest BCUT2D eigenvalue weighted by Crippen LogP contribution is 2.40. The Hall–Kier alpha value is -2.28. The molecule has 0 amide bonds. The number of hydrogen-bond acceptors (Lipinski definition) is 5. The highest BCUT2D eigenvalue weighted by Gasteiger charge is 2.62. The Morgan fingerprint density at radius 2 is 1.33 bits per heavy atom. The summed E-state index contributed by atoms with van der Waals surface area (Å²) in [7, 11) is -13.6. The molecule has 0 aliphatic rings. The fourth-order valence-corrected chi connectivity index (χ4v) is 6.09. The standard InChI is InChI=1S/C17H14F6O5S2/c1-10-7-12(15(24)13(8-10)11-5-3-2-4-6-11)9-14(29(25,26)16(18,19)20)30(27,28)17(21,22)23/h2-8,14,24H,9H2,1H3. The lowest BCUT2D eigenvalue weighted by Gasteiger charge is -2.22. The van der Waals surface area contributed by atoms with E-state index in [0.717, 1.165) is 6.07 Å². The zero-order chi connectivity index (χ0) is 23.1. The number of phenolic OH excluding ortho intramolecular Hbond substituents is 1. The number of rotatable bonds is 5. The second-order valence-electron chi connectivity index (χ2n) is 6.30. The lowest BCUT2D eigenvalue weighted by Crippen LogP contribution is -2.46. The van der Waals surface area contributed by atoms with Crippen molar-refractivity contribution in [2.45, 2.75) is 28.9 Å². The van der Waals surface area contributed by atoms with Crippen molar-refractivity contribution in [3.63, 3.8) is 0 Å². The molecule has 13 heteroatoms. The average molecular weight is 476 g/mol. The van der Waals surface area contributed by atoms with E-state index in [1.807, 2.05) is 0 Å². The molecule has 0 atom stereocenters. The normalized spacial score (nSPS) is 13.6. The van der Waals surface area contributed by atoms with Crippen LogP contribution >= 0.6 is 0 Å². The number of halogens is 6. The molecule has 30 heavy (non-hydrogen) atoms. The lowest BCUT2D eigenvalue weighted by atomic mass is 9.97. The molecule has 2 aromatic rings. The molecule has 2 rings (SSSR count). The molecule has 0 aliphatic heterocycles. The van der Waals surface area contributed by atoms with Gasteiger partial charge < -0.3 is 5.11 Å². The van der Waals surface area contributed by atoms with Gasteiger partial charge in [-0.05, 0) is 29.7 Å². The summed E-state index contributed by atoms with van der Waals surface area (Å²) in [5, 5.41) is 10.4. The smallest absolute Gasteiger partial charge is 0.498 e. The second kappa shape index (κ2) is 7.76.